The molecule has 3 rings (SSSR count). The summed E-state index contributed by atoms with van der Waals surface area (Å²) in [5, 5.41) is 7.09. The Labute approximate surface area is 176 Å². The van der Waals surface area contributed by atoms with Gasteiger partial charge in [0, 0.05) is 38.3 Å². The van der Waals surface area contributed by atoms with Gasteiger partial charge in [-0.05, 0) is 44.6 Å². The molecule has 0 amide bonds. The van der Waals surface area contributed by atoms with E-state index in [-0.39, 0.29) is 24.0 Å². The van der Waals surface area contributed by atoms with Crippen molar-refractivity contribution in [2.24, 2.45) is 10.9 Å². The van der Waals surface area contributed by atoms with E-state index in [0.29, 0.717) is 12.1 Å². The van der Waals surface area contributed by atoms with Crippen molar-refractivity contribution in [2.75, 3.05) is 19.6 Å². The molecule has 1 saturated carbocycles. The van der Waals surface area contributed by atoms with E-state index in [1.165, 1.54) is 37.7 Å². The van der Waals surface area contributed by atoms with E-state index in [9.17, 15) is 0 Å². The van der Waals surface area contributed by atoms with Crippen molar-refractivity contribution < 1.29 is 0 Å². The van der Waals surface area contributed by atoms with Crippen molar-refractivity contribution in [2.45, 2.75) is 64.6 Å². The highest BCUT2D eigenvalue weighted by atomic mass is 127. The molecule has 26 heavy (non-hydrogen) atoms. The molecule has 0 radical (unpaired) electrons. The molecule has 4 nitrogen and oxygen atoms in total. The highest BCUT2D eigenvalue weighted by Crippen LogP contribution is 2.32. The van der Waals surface area contributed by atoms with Crippen molar-refractivity contribution >= 4 is 29.9 Å². The number of likely N-dealkylation sites (tertiary alicyclic amines) is 1. The standard InChI is InChI=1S/C21H34N4.HI/c1-3-22-21(23-13-11-18-9-10-18)24-20-12-14-25(17(2)15-20)16-19-7-5-4-6-8-19;/h4-8,17-18,20H,3,9-16H2,1-2H3,(H2,22,23,24);1H. The molecule has 1 aliphatic heterocycles. The summed E-state index contributed by atoms with van der Waals surface area (Å²) in [7, 11) is 0. The van der Waals surface area contributed by atoms with Gasteiger partial charge < -0.3 is 10.6 Å². The summed E-state index contributed by atoms with van der Waals surface area (Å²) >= 11 is 0. The largest absolute Gasteiger partial charge is 0.357 e. The van der Waals surface area contributed by atoms with Gasteiger partial charge in [-0.1, -0.05) is 43.2 Å². The molecule has 1 saturated heterocycles. The first-order valence-corrected chi connectivity index (χ1v) is 10.1. The maximum atomic E-state index is 4.78. The van der Waals surface area contributed by atoms with E-state index in [0.717, 1.165) is 38.1 Å². The summed E-state index contributed by atoms with van der Waals surface area (Å²) in [6.07, 6.45) is 6.44. The predicted octanol–water partition coefficient (Wildman–Crippen LogP) is 4.01. The van der Waals surface area contributed by atoms with Crippen LogP contribution in [0.3, 0.4) is 0 Å². The summed E-state index contributed by atoms with van der Waals surface area (Å²) in [4.78, 5) is 7.38. The Bertz CT molecular complexity index is 544. The lowest BCUT2D eigenvalue weighted by molar-refractivity contribution is 0.134. The minimum atomic E-state index is 0. The first kappa shape index (κ1) is 21.5. The van der Waals surface area contributed by atoms with E-state index < -0.39 is 0 Å². The van der Waals surface area contributed by atoms with E-state index in [1.54, 1.807) is 0 Å². The zero-order chi connectivity index (χ0) is 17.5. The number of hydrogen-bond acceptors (Lipinski definition) is 2. The van der Waals surface area contributed by atoms with Crippen LogP contribution in [0.25, 0.3) is 0 Å². The third kappa shape index (κ3) is 7.06. The molecule has 2 unspecified atom stereocenters. The third-order valence-electron chi connectivity index (χ3n) is 5.43. The van der Waals surface area contributed by atoms with Crippen molar-refractivity contribution in [1.29, 1.82) is 0 Å². The van der Waals surface area contributed by atoms with Crippen LogP contribution in [0, 0.1) is 5.92 Å². The Morgan fingerprint density at radius 3 is 2.62 bits per heavy atom. The number of nitrogens with one attached hydrogen (secondary N) is 2. The highest BCUT2D eigenvalue weighted by Gasteiger charge is 2.26. The molecule has 5 heteroatoms. The monoisotopic (exact) mass is 470 g/mol. The second kappa shape index (κ2) is 11.1. The maximum absolute atomic E-state index is 4.78. The Hall–Kier alpha value is -0.820. The molecular weight excluding hydrogens is 435 g/mol. The molecule has 0 bridgehead atoms. The van der Waals surface area contributed by atoms with Gasteiger partial charge >= 0.3 is 0 Å². The lowest BCUT2D eigenvalue weighted by atomic mass is 9.97. The molecule has 2 aliphatic rings. The number of nitrogens with zero attached hydrogens (tertiary/aromatic N) is 2. The molecule has 0 spiro atoms. The van der Waals surface area contributed by atoms with Gasteiger partial charge in [-0.2, -0.15) is 0 Å². The van der Waals surface area contributed by atoms with Crippen molar-refractivity contribution in [3.63, 3.8) is 0 Å². The van der Waals surface area contributed by atoms with Crippen LogP contribution in [-0.4, -0.2) is 42.6 Å². The smallest absolute Gasteiger partial charge is 0.191 e. The lowest BCUT2D eigenvalue weighted by Crippen LogP contribution is -2.51. The van der Waals surface area contributed by atoms with Crippen LogP contribution in [-0.2, 0) is 6.54 Å². The molecule has 1 heterocycles. The quantitative estimate of drug-likeness (QED) is 0.360. The van der Waals surface area contributed by atoms with E-state index in [4.69, 9.17) is 4.99 Å². The summed E-state index contributed by atoms with van der Waals surface area (Å²) in [6.45, 7) is 8.59. The summed E-state index contributed by atoms with van der Waals surface area (Å²) in [5.74, 6) is 1.96. The molecule has 2 N–H and O–H groups in total. The van der Waals surface area contributed by atoms with Crippen molar-refractivity contribution in [1.82, 2.24) is 15.5 Å². The zero-order valence-corrected chi connectivity index (χ0v) is 18.6. The van der Waals surface area contributed by atoms with Gasteiger partial charge in [-0.25, -0.2) is 0 Å². The third-order valence-corrected chi connectivity index (χ3v) is 5.43. The fourth-order valence-corrected chi connectivity index (χ4v) is 3.68. The summed E-state index contributed by atoms with van der Waals surface area (Å²) in [6, 6.07) is 11.9. The average Bonchev–Trinajstić information content (AvgIpc) is 3.43. The first-order valence-electron chi connectivity index (χ1n) is 10.1. The maximum Gasteiger partial charge on any atom is 0.191 e. The molecule has 2 fully saturated rings. The number of halogens is 1. The lowest BCUT2D eigenvalue weighted by Gasteiger charge is -2.38. The van der Waals surface area contributed by atoms with Crippen LogP contribution >= 0.6 is 24.0 Å². The molecule has 0 aromatic heterocycles. The van der Waals surface area contributed by atoms with Crippen LogP contribution in [0.4, 0.5) is 0 Å². The van der Waals surface area contributed by atoms with Crippen LogP contribution in [0.15, 0.2) is 35.3 Å². The Morgan fingerprint density at radius 1 is 1.19 bits per heavy atom. The number of benzene rings is 1. The number of aliphatic imine (C=N–C) groups is 1. The van der Waals surface area contributed by atoms with E-state index in [1.807, 2.05) is 0 Å². The van der Waals surface area contributed by atoms with Crippen LogP contribution in [0.5, 0.6) is 0 Å². The van der Waals surface area contributed by atoms with Gasteiger partial charge in [0.15, 0.2) is 5.96 Å². The minimum absolute atomic E-state index is 0. The van der Waals surface area contributed by atoms with Gasteiger partial charge in [0.2, 0.25) is 0 Å². The Kier molecular flexibility index (Phi) is 9.19. The molecule has 146 valence electrons. The van der Waals surface area contributed by atoms with E-state index >= 15 is 0 Å². The Balaban J connectivity index is 0.00000243. The van der Waals surface area contributed by atoms with Gasteiger partial charge in [0.05, 0.1) is 0 Å². The highest BCUT2D eigenvalue weighted by molar-refractivity contribution is 14.0. The number of guanidine groups is 1. The number of piperidine rings is 1. The van der Waals surface area contributed by atoms with Crippen LogP contribution in [0.1, 0.15) is 51.5 Å². The summed E-state index contributed by atoms with van der Waals surface area (Å²) in [5.41, 5.74) is 1.41. The average molecular weight is 470 g/mol. The molecular formula is C21H35IN4. The molecule has 1 aliphatic carbocycles. The van der Waals surface area contributed by atoms with Gasteiger partial charge in [-0.3, -0.25) is 9.89 Å². The number of hydrogen-bond donors (Lipinski definition) is 2. The van der Waals surface area contributed by atoms with Gasteiger partial charge in [0.1, 0.15) is 0 Å². The van der Waals surface area contributed by atoms with Crippen LogP contribution in [0.2, 0.25) is 0 Å². The molecule has 1 aromatic rings. The summed E-state index contributed by atoms with van der Waals surface area (Å²) < 4.78 is 0. The predicted molar refractivity (Wildman–Crippen MR) is 121 cm³/mol. The second-order valence-corrected chi connectivity index (χ2v) is 7.66. The zero-order valence-electron chi connectivity index (χ0n) is 16.3. The van der Waals surface area contributed by atoms with Crippen molar-refractivity contribution in [3.05, 3.63) is 35.9 Å². The van der Waals surface area contributed by atoms with Gasteiger partial charge in [0.25, 0.3) is 0 Å². The van der Waals surface area contributed by atoms with Crippen LogP contribution < -0.4 is 10.6 Å². The fourth-order valence-electron chi connectivity index (χ4n) is 3.68. The fraction of sp³-hybridized carbons (Fsp3) is 0.667. The first-order chi connectivity index (χ1) is 12.2. The Morgan fingerprint density at radius 2 is 1.96 bits per heavy atom. The minimum Gasteiger partial charge on any atom is -0.357 e. The second-order valence-electron chi connectivity index (χ2n) is 7.66. The normalized spacial score (nSPS) is 24.0. The van der Waals surface area contributed by atoms with Crippen molar-refractivity contribution in [3.8, 4) is 0 Å². The number of rotatable bonds is 7. The molecule has 1 aromatic carbocycles. The topological polar surface area (TPSA) is 39.7 Å². The SMILES string of the molecule is CCNC(=NCCC1CC1)NC1CCN(Cc2ccccc2)C(C)C1.I. The van der Waals surface area contributed by atoms with E-state index in [2.05, 4.69) is 59.7 Å². The molecule has 2 atom stereocenters. The van der Waals surface area contributed by atoms with Gasteiger partial charge in [-0.15, -0.1) is 24.0 Å².